The van der Waals surface area contributed by atoms with Gasteiger partial charge in [-0.15, -0.1) is 11.3 Å². The van der Waals surface area contributed by atoms with Crippen molar-refractivity contribution in [1.82, 2.24) is 14.5 Å². The molecule has 2 heterocycles. The molecule has 0 aliphatic rings. The molecule has 6 heteroatoms. The fourth-order valence-corrected chi connectivity index (χ4v) is 2.16. The lowest BCUT2D eigenvalue weighted by Crippen LogP contribution is -2.14. The number of anilines is 1. The highest BCUT2D eigenvalue weighted by atomic mass is 32.1. The van der Waals surface area contributed by atoms with Gasteiger partial charge in [0, 0.05) is 30.6 Å². The average Bonchev–Trinajstić information content (AvgIpc) is 2.98. The summed E-state index contributed by atoms with van der Waals surface area (Å²) in [4.78, 5) is 9.53. The molecular weight excluding hydrogens is 236 g/mol. The van der Waals surface area contributed by atoms with Gasteiger partial charge in [0.2, 0.25) is 5.95 Å². The lowest BCUT2D eigenvalue weighted by atomic mass is 10.3. The Balaban J connectivity index is 1.99. The smallest absolute Gasteiger partial charge is 0.203 e. The fourth-order valence-electron chi connectivity index (χ4n) is 1.62. The van der Waals surface area contributed by atoms with Crippen molar-refractivity contribution in [2.24, 2.45) is 0 Å². The van der Waals surface area contributed by atoms with Gasteiger partial charge < -0.3 is 14.6 Å². The van der Waals surface area contributed by atoms with Crippen LogP contribution in [0.2, 0.25) is 0 Å². The molecule has 0 aromatic carbocycles. The molecule has 0 spiro atoms. The highest BCUT2D eigenvalue weighted by Crippen LogP contribution is 2.15. The summed E-state index contributed by atoms with van der Waals surface area (Å²) in [5.74, 6) is 0.864. The predicted octanol–water partition coefficient (Wildman–Crippen LogP) is 2.16. The Bertz CT molecular complexity index is 440. The number of hydrogen-bond donors (Lipinski definition) is 1. The summed E-state index contributed by atoms with van der Waals surface area (Å²) in [5, 5.41) is 3.30. The van der Waals surface area contributed by atoms with Gasteiger partial charge in [-0.05, 0) is 6.92 Å². The Labute approximate surface area is 104 Å². The van der Waals surface area contributed by atoms with Crippen LogP contribution in [0.15, 0.2) is 24.1 Å². The van der Waals surface area contributed by atoms with Crippen molar-refractivity contribution in [3.63, 3.8) is 0 Å². The monoisotopic (exact) mass is 252 g/mol. The lowest BCUT2D eigenvalue weighted by Gasteiger charge is -2.15. The molecule has 0 saturated heterocycles. The van der Waals surface area contributed by atoms with Crippen molar-refractivity contribution in [2.45, 2.75) is 19.5 Å². The average molecular weight is 252 g/mol. The molecule has 1 unspecified atom stereocenters. The number of rotatable bonds is 6. The second-order valence-electron chi connectivity index (χ2n) is 3.78. The predicted molar refractivity (Wildman–Crippen MR) is 68.3 cm³/mol. The number of methoxy groups -OCH3 is 1. The summed E-state index contributed by atoms with van der Waals surface area (Å²) in [7, 11) is 1.71. The maximum Gasteiger partial charge on any atom is 0.203 e. The van der Waals surface area contributed by atoms with Gasteiger partial charge in [-0.25, -0.2) is 4.98 Å². The number of thiazole rings is 1. The molecule has 5 nitrogen and oxygen atoms in total. The van der Waals surface area contributed by atoms with E-state index in [4.69, 9.17) is 4.74 Å². The van der Waals surface area contributed by atoms with Crippen molar-refractivity contribution < 1.29 is 4.74 Å². The molecule has 2 aromatic heterocycles. The Morgan fingerprint density at radius 1 is 1.59 bits per heavy atom. The van der Waals surface area contributed by atoms with Crippen molar-refractivity contribution in [1.29, 1.82) is 0 Å². The van der Waals surface area contributed by atoms with Crippen LogP contribution < -0.4 is 5.32 Å². The standard InChI is InChI=1S/C11H16N4OS/c1-9(7-16-2)15-4-3-13-11(15)14-6-10-5-12-8-17-10/h3-5,8-9H,6-7H2,1-2H3,(H,13,14). The molecule has 17 heavy (non-hydrogen) atoms. The molecule has 0 aliphatic heterocycles. The molecule has 0 saturated carbocycles. The number of imidazole rings is 1. The normalized spacial score (nSPS) is 12.6. The van der Waals surface area contributed by atoms with Gasteiger partial charge in [0.15, 0.2) is 0 Å². The van der Waals surface area contributed by atoms with Crippen LogP contribution in [0.5, 0.6) is 0 Å². The van der Waals surface area contributed by atoms with Crippen molar-refractivity contribution >= 4 is 17.3 Å². The maximum atomic E-state index is 5.15. The van der Waals surface area contributed by atoms with Gasteiger partial charge in [-0.3, -0.25) is 4.98 Å². The summed E-state index contributed by atoms with van der Waals surface area (Å²) >= 11 is 1.63. The van der Waals surface area contributed by atoms with Crippen molar-refractivity contribution in [3.05, 3.63) is 29.0 Å². The van der Waals surface area contributed by atoms with E-state index in [2.05, 4.69) is 26.8 Å². The molecule has 2 rings (SSSR count). The number of ether oxygens (including phenoxy) is 1. The van der Waals surface area contributed by atoms with E-state index in [0.29, 0.717) is 6.61 Å². The minimum Gasteiger partial charge on any atom is -0.383 e. The van der Waals surface area contributed by atoms with Gasteiger partial charge in [0.05, 0.1) is 24.7 Å². The SMILES string of the molecule is COCC(C)n1ccnc1NCc1cncs1. The second kappa shape index (κ2) is 5.79. The summed E-state index contributed by atoms with van der Waals surface area (Å²) in [6, 6.07) is 0.270. The van der Waals surface area contributed by atoms with E-state index in [9.17, 15) is 0 Å². The molecule has 0 bridgehead atoms. The van der Waals surface area contributed by atoms with E-state index in [-0.39, 0.29) is 6.04 Å². The van der Waals surface area contributed by atoms with Gasteiger partial charge in [0.1, 0.15) is 0 Å². The minimum absolute atomic E-state index is 0.270. The molecular formula is C11H16N4OS. The van der Waals surface area contributed by atoms with Crippen molar-refractivity contribution in [3.8, 4) is 0 Å². The number of nitrogens with zero attached hydrogens (tertiary/aromatic N) is 3. The zero-order valence-corrected chi connectivity index (χ0v) is 10.8. The first-order chi connectivity index (χ1) is 8.31. The van der Waals surface area contributed by atoms with Gasteiger partial charge in [-0.1, -0.05) is 0 Å². The summed E-state index contributed by atoms with van der Waals surface area (Å²) in [6.45, 7) is 3.52. The van der Waals surface area contributed by atoms with E-state index in [1.807, 2.05) is 17.9 Å². The van der Waals surface area contributed by atoms with Crippen LogP contribution in [-0.2, 0) is 11.3 Å². The summed E-state index contributed by atoms with van der Waals surface area (Å²) < 4.78 is 7.22. The third-order valence-corrected chi connectivity index (χ3v) is 3.24. The third kappa shape index (κ3) is 3.04. The van der Waals surface area contributed by atoms with Crippen LogP contribution in [0, 0.1) is 0 Å². The van der Waals surface area contributed by atoms with E-state index in [1.54, 1.807) is 24.6 Å². The zero-order valence-electron chi connectivity index (χ0n) is 9.96. The minimum atomic E-state index is 0.270. The van der Waals surface area contributed by atoms with E-state index >= 15 is 0 Å². The molecule has 1 atom stereocenters. The lowest BCUT2D eigenvalue weighted by molar-refractivity contribution is 0.163. The van der Waals surface area contributed by atoms with Crippen LogP contribution in [0.3, 0.4) is 0 Å². The Hall–Kier alpha value is -1.40. The van der Waals surface area contributed by atoms with Crippen LogP contribution in [0.4, 0.5) is 5.95 Å². The Morgan fingerprint density at radius 2 is 2.47 bits per heavy atom. The highest BCUT2D eigenvalue weighted by Gasteiger charge is 2.09. The molecule has 0 fully saturated rings. The van der Waals surface area contributed by atoms with Crippen LogP contribution in [0.25, 0.3) is 0 Å². The quantitative estimate of drug-likeness (QED) is 0.856. The largest absolute Gasteiger partial charge is 0.383 e. The van der Waals surface area contributed by atoms with Gasteiger partial charge in [-0.2, -0.15) is 0 Å². The molecule has 1 N–H and O–H groups in total. The molecule has 0 radical (unpaired) electrons. The third-order valence-electron chi connectivity index (χ3n) is 2.46. The van der Waals surface area contributed by atoms with E-state index in [0.717, 1.165) is 12.5 Å². The molecule has 0 aliphatic carbocycles. The number of hydrogen-bond acceptors (Lipinski definition) is 5. The molecule has 2 aromatic rings. The summed E-state index contributed by atoms with van der Waals surface area (Å²) in [6.07, 6.45) is 5.61. The van der Waals surface area contributed by atoms with Crippen LogP contribution in [-0.4, -0.2) is 28.3 Å². The van der Waals surface area contributed by atoms with E-state index in [1.165, 1.54) is 4.88 Å². The fraction of sp³-hybridized carbons (Fsp3) is 0.455. The van der Waals surface area contributed by atoms with Gasteiger partial charge >= 0.3 is 0 Å². The first-order valence-electron chi connectivity index (χ1n) is 5.44. The first-order valence-corrected chi connectivity index (χ1v) is 6.32. The summed E-state index contributed by atoms with van der Waals surface area (Å²) in [5.41, 5.74) is 1.83. The van der Waals surface area contributed by atoms with Crippen molar-refractivity contribution in [2.75, 3.05) is 19.0 Å². The molecule has 92 valence electrons. The molecule has 0 amide bonds. The second-order valence-corrected chi connectivity index (χ2v) is 4.75. The highest BCUT2D eigenvalue weighted by molar-refractivity contribution is 7.09. The number of aromatic nitrogens is 3. The van der Waals surface area contributed by atoms with E-state index < -0.39 is 0 Å². The Morgan fingerprint density at radius 3 is 3.18 bits per heavy atom. The first kappa shape index (κ1) is 12.1. The Kier molecular flexibility index (Phi) is 4.11. The zero-order chi connectivity index (χ0) is 12.1. The van der Waals surface area contributed by atoms with Gasteiger partial charge in [0.25, 0.3) is 0 Å². The number of nitrogens with one attached hydrogen (secondary N) is 1. The maximum absolute atomic E-state index is 5.15. The van der Waals surface area contributed by atoms with Crippen LogP contribution >= 0.6 is 11.3 Å². The van der Waals surface area contributed by atoms with Crippen LogP contribution in [0.1, 0.15) is 17.8 Å². The topological polar surface area (TPSA) is 52.0 Å².